The molecule has 1 spiro atoms. The van der Waals surface area contributed by atoms with E-state index >= 15 is 0 Å². The van der Waals surface area contributed by atoms with Gasteiger partial charge in [-0.2, -0.15) is 0 Å². The molecule has 30 heavy (non-hydrogen) atoms. The minimum atomic E-state index is -1.11. The third kappa shape index (κ3) is 2.09. The standard InChI is InChI=1S/C23H24N2O4S/c1-11-5-8-15-21(2,3)18(25-28)14(30)10-23(15)22(11,4)9-12-6-7-13-16(17(12)29-23)20(27)24-19(13)26/h5-8,10,20,27-28,30H,9H2,1-4H3,(H,24,26). The van der Waals surface area contributed by atoms with Crippen LogP contribution in [0.15, 0.2) is 51.6 Å². The highest BCUT2D eigenvalue weighted by molar-refractivity contribution is 7.85. The summed E-state index contributed by atoms with van der Waals surface area (Å²) < 4.78 is 6.84. The number of ether oxygens (including phenoxy) is 1. The molecule has 2 aliphatic heterocycles. The van der Waals surface area contributed by atoms with Gasteiger partial charge in [-0.25, -0.2) is 0 Å². The van der Waals surface area contributed by atoms with Gasteiger partial charge in [0.2, 0.25) is 0 Å². The van der Waals surface area contributed by atoms with Gasteiger partial charge < -0.3 is 20.4 Å². The van der Waals surface area contributed by atoms with Crippen LogP contribution < -0.4 is 10.1 Å². The van der Waals surface area contributed by atoms with Crippen molar-refractivity contribution in [3.8, 4) is 5.75 Å². The molecular formula is C23H24N2O4S. The lowest BCUT2D eigenvalue weighted by Gasteiger charge is -2.58. The summed E-state index contributed by atoms with van der Waals surface area (Å²) in [5.74, 6) is 0.225. The van der Waals surface area contributed by atoms with Gasteiger partial charge in [0, 0.05) is 15.7 Å². The Kier molecular flexibility index (Phi) is 3.76. The number of fused-ring (bicyclic) bond motifs is 3. The number of aliphatic hydroxyl groups excluding tert-OH is 1. The molecule has 2 aliphatic carbocycles. The average Bonchev–Trinajstić information content (AvgIpc) is 2.95. The Balaban J connectivity index is 1.83. The lowest BCUT2D eigenvalue weighted by atomic mass is 9.52. The van der Waals surface area contributed by atoms with Crippen LogP contribution in [0.3, 0.4) is 0 Å². The van der Waals surface area contributed by atoms with Gasteiger partial charge in [-0.15, -0.1) is 12.6 Å². The van der Waals surface area contributed by atoms with Crippen LogP contribution in [-0.4, -0.2) is 27.5 Å². The fourth-order valence-electron chi connectivity index (χ4n) is 5.56. The maximum Gasteiger partial charge on any atom is 0.254 e. The number of thiol groups is 1. The van der Waals surface area contributed by atoms with Crippen LogP contribution in [0.5, 0.6) is 5.75 Å². The van der Waals surface area contributed by atoms with Gasteiger partial charge in [-0.05, 0) is 36.6 Å². The Hall–Kier alpha value is -2.51. The first-order valence-electron chi connectivity index (χ1n) is 9.95. The number of oxime groups is 1. The molecule has 4 aliphatic rings. The summed E-state index contributed by atoms with van der Waals surface area (Å²) in [4.78, 5) is 12.8. The molecule has 0 fully saturated rings. The van der Waals surface area contributed by atoms with Crippen LogP contribution in [-0.2, 0) is 6.42 Å². The van der Waals surface area contributed by atoms with Crippen molar-refractivity contribution in [2.75, 3.05) is 0 Å². The summed E-state index contributed by atoms with van der Waals surface area (Å²) in [5.41, 5.74) is 2.48. The maximum absolute atomic E-state index is 12.3. The number of hydrogen-bond acceptors (Lipinski definition) is 6. The molecule has 156 valence electrons. The van der Waals surface area contributed by atoms with E-state index in [9.17, 15) is 15.1 Å². The highest BCUT2D eigenvalue weighted by Gasteiger charge is 2.62. The van der Waals surface area contributed by atoms with Gasteiger partial charge in [0.25, 0.3) is 5.91 Å². The molecule has 0 saturated heterocycles. The van der Waals surface area contributed by atoms with E-state index in [2.05, 4.69) is 43.0 Å². The molecule has 2 heterocycles. The number of carbonyl (C=O) groups is 1. The van der Waals surface area contributed by atoms with Crippen LogP contribution in [0.1, 0.15) is 55.4 Å². The van der Waals surface area contributed by atoms with Crippen LogP contribution in [0.25, 0.3) is 0 Å². The van der Waals surface area contributed by atoms with Crippen molar-refractivity contribution >= 4 is 24.2 Å². The molecule has 0 saturated carbocycles. The number of amides is 1. The van der Waals surface area contributed by atoms with E-state index < -0.39 is 22.7 Å². The quantitative estimate of drug-likeness (QED) is 0.291. The zero-order valence-corrected chi connectivity index (χ0v) is 18.2. The zero-order chi connectivity index (χ0) is 21.6. The van der Waals surface area contributed by atoms with Gasteiger partial charge >= 0.3 is 0 Å². The third-order valence-corrected chi connectivity index (χ3v) is 7.75. The predicted molar refractivity (Wildman–Crippen MR) is 116 cm³/mol. The molecule has 0 radical (unpaired) electrons. The monoisotopic (exact) mass is 424 g/mol. The summed E-state index contributed by atoms with van der Waals surface area (Å²) in [5, 5.41) is 26.3. The fraction of sp³-hybridized carbons (Fsp3) is 0.391. The van der Waals surface area contributed by atoms with Gasteiger partial charge in [0.05, 0.1) is 11.1 Å². The van der Waals surface area contributed by atoms with Crippen molar-refractivity contribution in [1.82, 2.24) is 5.32 Å². The smallest absolute Gasteiger partial charge is 0.254 e. The number of allylic oxidation sites excluding steroid dienone is 3. The summed E-state index contributed by atoms with van der Waals surface area (Å²) in [6.07, 6.45) is 5.60. The Labute approximate surface area is 180 Å². The lowest BCUT2D eigenvalue weighted by molar-refractivity contribution is 0.00729. The molecule has 1 aromatic carbocycles. The summed E-state index contributed by atoms with van der Waals surface area (Å²) in [6.45, 7) is 8.23. The second kappa shape index (κ2) is 5.80. The highest BCUT2D eigenvalue weighted by atomic mass is 32.1. The number of rotatable bonds is 0. The fourth-order valence-corrected chi connectivity index (χ4v) is 6.06. The second-order valence-corrected chi connectivity index (χ2v) is 9.75. The molecule has 3 atom stereocenters. The van der Waals surface area contributed by atoms with E-state index in [1.165, 1.54) is 0 Å². The van der Waals surface area contributed by atoms with Crippen molar-refractivity contribution in [3.63, 3.8) is 0 Å². The maximum atomic E-state index is 12.3. The summed E-state index contributed by atoms with van der Waals surface area (Å²) in [6, 6.07) is 3.67. The molecular weight excluding hydrogens is 400 g/mol. The first-order chi connectivity index (χ1) is 14.1. The van der Waals surface area contributed by atoms with E-state index in [0.717, 1.165) is 16.7 Å². The van der Waals surface area contributed by atoms with Gasteiger partial charge in [-0.3, -0.25) is 4.79 Å². The number of benzene rings is 1. The van der Waals surface area contributed by atoms with Crippen molar-refractivity contribution in [3.05, 3.63) is 63.1 Å². The highest BCUT2D eigenvalue weighted by Crippen LogP contribution is 2.62. The normalized spacial score (nSPS) is 34.5. The topological polar surface area (TPSA) is 91.2 Å². The molecule has 0 aromatic heterocycles. The largest absolute Gasteiger partial charge is 0.477 e. The zero-order valence-electron chi connectivity index (χ0n) is 17.3. The van der Waals surface area contributed by atoms with Crippen molar-refractivity contribution in [2.24, 2.45) is 16.0 Å². The summed E-state index contributed by atoms with van der Waals surface area (Å²) in [7, 11) is 0. The molecule has 7 heteroatoms. The molecule has 1 aromatic rings. The second-order valence-electron chi connectivity index (χ2n) is 9.27. The Morgan fingerprint density at radius 1 is 1.27 bits per heavy atom. The number of hydrogen-bond donors (Lipinski definition) is 4. The molecule has 0 bridgehead atoms. The van der Waals surface area contributed by atoms with E-state index in [4.69, 9.17) is 4.74 Å². The van der Waals surface area contributed by atoms with Gasteiger partial charge in [0.15, 0.2) is 11.8 Å². The Morgan fingerprint density at radius 3 is 2.70 bits per heavy atom. The van der Waals surface area contributed by atoms with Crippen LogP contribution in [0, 0.1) is 10.8 Å². The number of carbonyl (C=O) groups excluding carboxylic acids is 1. The molecule has 5 rings (SSSR count). The van der Waals surface area contributed by atoms with Crippen molar-refractivity contribution in [2.45, 2.75) is 45.9 Å². The third-order valence-electron chi connectivity index (χ3n) is 7.41. The van der Waals surface area contributed by atoms with Crippen molar-refractivity contribution in [1.29, 1.82) is 0 Å². The number of aliphatic hydroxyl groups is 1. The number of nitrogens with one attached hydrogen (secondary N) is 1. The van der Waals surface area contributed by atoms with Crippen LogP contribution in [0.4, 0.5) is 0 Å². The molecule has 3 N–H and O–H groups in total. The minimum Gasteiger partial charge on any atom is -0.477 e. The SMILES string of the molecule is CC1=CC=C2C(C)(C)C(=NO)C(S)=CC23Oc2c(ccc4c2C(O)NC4=O)CC13C. The number of nitrogens with zero attached hydrogens (tertiary/aromatic N) is 1. The van der Waals surface area contributed by atoms with Gasteiger partial charge in [0.1, 0.15) is 11.5 Å². The molecule has 1 amide bonds. The lowest BCUT2D eigenvalue weighted by Crippen LogP contribution is -2.61. The van der Waals surface area contributed by atoms with Crippen LogP contribution >= 0.6 is 12.6 Å². The predicted octanol–water partition coefficient (Wildman–Crippen LogP) is 3.67. The average molecular weight is 425 g/mol. The molecule has 3 unspecified atom stereocenters. The summed E-state index contributed by atoms with van der Waals surface area (Å²) >= 11 is 4.66. The Bertz CT molecular complexity index is 1150. The Morgan fingerprint density at radius 2 is 2.00 bits per heavy atom. The van der Waals surface area contributed by atoms with E-state index in [1.54, 1.807) is 6.07 Å². The first kappa shape index (κ1) is 19.5. The van der Waals surface area contributed by atoms with Crippen LogP contribution in [0.2, 0.25) is 0 Å². The minimum absolute atomic E-state index is 0.311. The van der Waals surface area contributed by atoms with Crippen molar-refractivity contribution < 1.29 is 19.8 Å². The van der Waals surface area contributed by atoms with E-state index in [-0.39, 0.29) is 5.91 Å². The van der Waals surface area contributed by atoms with E-state index in [1.807, 2.05) is 32.1 Å². The molecule has 6 nitrogen and oxygen atoms in total. The van der Waals surface area contributed by atoms with Gasteiger partial charge in [-0.1, -0.05) is 49.7 Å². The van der Waals surface area contributed by atoms with E-state index in [0.29, 0.717) is 33.9 Å². The first-order valence-corrected chi connectivity index (χ1v) is 10.4.